The van der Waals surface area contributed by atoms with Gasteiger partial charge in [-0.2, -0.15) is 0 Å². The minimum atomic E-state index is 0.600. The lowest BCUT2D eigenvalue weighted by Gasteiger charge is -2.11. The van der Waals surface area contributed by atoms with Crippen molar-refractivity contribution in [1.82, 2.24) is 19.9 Å². The van der Waals surface area contributed by atoms with E-state index >= 15 is 0 Å². The predicted molar refractivity (Wildman–Crippen MR) is 248 cm³/mol. The number of benzene rings is 8. The number of para-hydroxylation sites is 2. The molecule has 60 heavy (non-hydrogen) atoms. The Kier molecular flexibility index (Phi) is 7.96. The lowest BCUT2D eigenvalue weighted by molar-refractivity contribution is 0.670. The zero-order valence-corrected chi connectivity index (χ0v) is 32.9. The molecule has 0 aliphatic rings. The van der Waals surface area contributed by atoms with Gasteiger partial charge in [0, 0.05) is 59.4 Å². The van der Waals surface area contributed by atoms with Gasteiger partial charge in [0.1, 0.15) is 16.0 Å². The topological polar surface area (TPSA) is 64.7 Å². The fraction of sp³-hybridized carbons (Fsp3) is 0. The SMILES string of the molecule is c1ccc(-c2ccc(-c3nc(-c4ccc(-c5nc6sc7ccccc7c6c6ccccc56)cc4)nc(-c4ccc(-c5cccc6c5oc5ccccc56)cc4)n3)cc2)cc1. The molecule has 0 fully saturated rings. The highest BCUT2D eigenvalue weighted by atomic mass is 32.1. The Morgan fingerprint density at radius 3 is 1.52 bits per heavy atom. The quantitative estimate of drug-likeness (QED) is 0.168. The van der Waals surface area contributed by atoms with Crippen LogP contribution in [0, 0.1) is 0 Å². The van der Waals surface area contributed by atoms with Gasteiger partial charge in [-0.25, -0.2) is 19.9 Å². The van der Waals surface area contributed by atoms with Crippen molar-refractivity contribution in [2.45, 2.75) is 0 Å². The summed E-state index contributed by atoms with van der Waals surface area (Å²) in [6.45, 7) is 0. The Morgan fingerprint density at radius 2 is 0.833 bits per heavy atom. The summed E-state index contributed by atoms with van der Waals surface area (Å²) in [7, 11) is 0. The number of hydrogen-bond donors (Lipinski definition) is 0. The summed E-state index contributed by atoms with van der Waals surface area (Å²) in [5, 5.41) is 7.02. The maximum atomic E-state index is 6.37. The third kappa shape index (κ3) is 5.76. The summed E-state index contributed by atoms with van der Waals surface area (Å²) in [6.07, 6.45) is 0. The van der Waals surface area contributed by atoms with Gasteiger partial charge in [0.05, 0.1) is 5.69 Å². The van der Waals surface area contributed by atoms with Crippen molar-refractivity contribution in [3.05, 3.63) is 194 Å². The third-order valence-electron chi connectivity index (χ3n) is 11.4. The second kappa shape index (κ2) is 13.9. The number of furan rings is 1. The molecule has 12 aromatic rings. The monoisotopic (exact) mass is 784 g/mol. The number of thiophene rings is 1. The van der Waals surface area contributed by atoms with E-state index in [-0.39, 0.29) is 0 Å². The van der Waals surface area contributed by atoms with E-state index in [1.165, 1.54) is 20.9 Å². The Labute approximate surface area is 348 Å². The van der Waals surface area contributed by atoms with Crippen molar-refractivity contribution in [3.8, 4) is 67.7 Å². The second-order valence-corrected chi connectivity index (χ2v) is 16.0. The molecule has 8 aromatic carbocycles. The van der Waals surface area contributed by atoms with Gasteiger partial charge in [-0.3, -0.25) is 0 Å². The van der Waals surface area contributed by atoms with Crippen LogP contribution in [-0.4, -0.2) is 19.9 Å². The van der Waals surface area contributed by atoms with Gasteiger partial charge in [0.2, 0.25) is 0 Å². The van der Waals surface area contributed by atoms with E-state index in [0.717, 1.165) is 82.4 Å². The Bertz CT molecular complexity index is 3570. The van der Waals surface area contributed by atoms with Crippen LogP contribution in [0.5, 0.6) is 0 Å². The number of nitrogens with zero attached hydrogens (tertiary/aromatic N) is 4. The largest absolute Gasteiger partial charge is 0.455 e. The number of rotatable bonds is 6. The molecule has 6 heteroatoms. The molecule has 4 heterocycles. The Hall–Kier alpha value is -7.80. The van der Waals surface area contributed by atoms with Crippen LogP contribution in [0.2, 0.25) is 0 Å². The van der Waals surface area contributed by atoms with Gasteiger partial charge in [-0.15, -0.1) is 11.3 Å². The summed E-state index contributed by atoms with van der Waals surface area (Å²) >= 11 is 1.74. The smallest absolute Gasteiger partial charge is 0.164 e. The van der Waals surface area contributed by atoms with Crippen LogP contribution in [0.4, 0.5) is 0 Å². The minimum absolute atomic E-state index is 0.600. The molecule has 12 rings (SSSR count). The van der Waals surface area contributed by atoms with E-state index < -0.39 is 0 Å². The summed E-state index contributed by atoms with van der Waals surface area (Å²) in [5.74, 6) is 1.81. The summed E-state index contributed by atoms with van der Waals surface area (Å²) in [5.41, 5.74) is 10.9. The standard InChI is InChI=1S/C54H32N4OS/c1-2-11-33(12-3-1)34-21-27-37(28-22-34)51-56-52(38-29-23-35(24-30-38)40-17-10-18-44-41-13-6-8-19-46(41)59-50(40)44)58-53(57-51)39-31-25-36(26-32-39)49-43-15-5-4-14-42(43)48-45-16-7-9-20-47(45)60-54(48)55-49/h1-32H. The van der Waals surface area contributed by atoms with Gasteiger partial charge < -0.3 is 4.42 Å². The first-order valence-corrected chi connectivity index (χ1v) is 20.8. The van der Waals surface area contributed by atoms with Crippen LogP contribution in [0.25, 0.3) is 121 Å². The van der Waals surface area contributed by atoms with Gasteiger partial charge in [-0.1, -0.05) is 182 Å². The highest BCUT2D eigenvalue weighted by Crippen LogP contribution is 2.41. The van der Waals surface area contributed by atoms with E-state index in [2.05, 4.69) is 170 Å². The van der Waals surface area contributed by atoms with Crippen molar-refractivity contribution >= 4 is 64.4 Å². The number of hydrogen-bond acceptors (Lipinski definition) is 6. The van der Waals surface area contributed by atoms with E-state index in [0.29, 0.717) is 17.5 Å². The lowest BCUT2D eigenvalue weighted by atomic mass is 9.99. The highest BCUT2D eigenvalue weighted by molar-refractivity contribution is 7.25. The molecule has 4 aromatic heterocycles. The van der Waals surface area contributed by atoms with Gasteiger partial charge in [0.25, 0.3) is 0 Å². The average molecular weight is 785 g/mol. The molecule has 0 saturated carbocycles. The van der Waals surface area contributed by atoms with E-state index in [9.17, 15) is 0 Å². The molecular formula is C54H32N4OS. The maximum absolute atomic E-state index is 6.37. The molecule has 0 saturated heterocycles. The van der Waals surface area contributed by atoms with Crippen molar-refractivity contribution in [3.63, 3.8) is 0 Å². The van der Waals surface area contributed by atoms with Crippen LogP contribution in [0.1, 0.15) is 0 Å². The van der Waals surface area contributed by atoms with Crippen LogP contribution in [0.3, 0.4) is 0 Å². The average Bonchev–Trinajstić information content (AvgIpc) is 3.90. The molecule has 0 aliphatic heterocycles. The zero-order chi connectivity index (χ0) is 39.6. The molecule has 5 nitrogen and oxygen atoms in total. The highest BCUT2D eigenvalue weighted by Gasteiger charge is 2.18. The van der Waals surface area contributed by atoms with Gasteiger partial charge >= 0.3 is 0 Å². The van der Waals surface area contributed by atoms with Crippen LogP contribution >= 0.6 is 11.3 Å². The Morgan fingerprint density at radius 1 is 0.333 bits per heavy atom. The van der Waals surface area contributed by atoms with Crippen molar-refractivity contribution in [1.29, 1.82) is 0 Å². The molecule has 0 amide bonds. The molecule has 0 radical (unpaired) electrons. The third-order valence-corrected chi connectivity index (χ3v) is 12.5. The first-order chi connectivity index (χ1) is 29.7. The number of fused-ring (bicyclic) bond motifs is 8. The van der Waals surface area contributed by atoms with Crippen LogP contribution in [0.15, 0.2) is 199 Å². The molecule has 0 spiro atoms. The first-order valence-electron chi connectivity index (χ1n) is 20.0. The molecule has 0 unspecified atom stereocenters. The van der Waals surface area contributed by atoms with Crippen molar-refractivity contribution in [2.24, 2.45) is 0 Å². The van der Waals surface area contributed by atoms with E-state index in [1.807, 2.05) is 24.3 Å². The fourth-order valence-electron chi connectivity index (χ4n) is 8.42. The van der Waals surface area contributed by atoms with Gasteiger partial charge in [0.15, 0.2) is 17.5 Å². The van der Waals surface area contributed by atoms with Crippen molar-refractivity contribution < 1.29 is 4.42 Å². The molecule has 0 N–H and O–H groups in total. The first kappa shape index (κ1) is 34.3. The van der Waals surface area contributed by atoms with Crippen LogP contribution in [-0.2, 0) is 0 Å². The summed E-state index contributed by atoms with van der Waals surface area (Å²) < 4.78 is 7.61. The Balaban J connectivity index is 0.952. The maximum Gasteiger partial charge on any atom is 0.164 e. The summed E-state index contributed by atoms with van der Waals surface area (Å²) in [6, 6.07) is 67.4. The normalized spacial score (nSPS) is 11.7. The van der Waals surface area contributed by atoms with Crippen LogP contribution < -0.4 is 0 Å². The number of aromatic nitrogens is 4. The van der Waals surface area contributed by atoms with Gasteiger partial charge in [-0.05, 0) is 34.2 Å². The number of pyridine rings is 1. The van der Waals surface area contributed by atoms with Crippen molar-refractivity contribution in [2.75, 3.05) is 0 Å². The predicted octanol–water partition coefficient (Wildman–Crippen LogP) is 14.7. The lowest BCUT2D eigenvalue weighted by Crippen LogP contribution is -2.00. The molecule has 280 valence electrons. The minimum Gasteiger partial charge on any atom is -0.455 e. The molecular weight excluding hydrogens is 753 g/mol. The molecule has 0 atom stereocenters. The van der Waals surface area contributed by atoms with E-state index in [4.69, 9.17) is 24.4 Å². The molecule has 0 bridgehead atoms. The second-order valence-electron chi connectivity index (χ2n) is 15.0. The fourth-order valence-corrected chi connectivity index (χ4v) is 9.51. The summed E-state index contributed by atoms with van der Waals surface area (Å²) in [4.78, 5) is 21.6. The molecule has 0 aliphatic carbocycles. The van der Waals surface area contributed by atoms with E-state index in [1.54, 1.807) is 11.3 Å². The zero-order valence-electron chi connectivity index (χ0n) is 32.1.